The fourth-order valence-electron chi connectivity index (χ4n) is 3.59. The van der Waals surface area contributed by atoms with Crippen molar-refractivity contribution < 1.29 is 19.8 Å². The molecule has 0 aliphatic carbocycles. The van der Waals surface area contributed by atoms with Crippen molar-refractivity contribution in [2.45, 2.75) is 13.3 Å². The molecule has 2 aromatic carbocycles. The van der Waals surface area contributed by atoms with Crippen LogP contribution in [0.2, 0.25) is 0 Å². The van der Waals surface area contributed by atoms with E-state index in [4.69, 9.17) is 24.8 Å². The summed E-state index contributed by atoms with van der Waals surface area (Å²) < 4.78 is 0. The summed E-state index contributed by atoms with van der Waals surface area (Å²) in [5.41, 5.74) is 2.10. The number of carbonyl (C=O) groups is 2. The summed E-state index contributed by atoms with van der Waals surface area (Å²) in [4.78, 5) is 28.0. The van der Waals surface area contributed by atoms with Crippen LogP contribution in [-0.2, 0) is 16.0 Å². The van der Waals surface area contributed by atoms with Crippen molar-refractivity contribution in [2.75, 3.05) is 37.6 Å². The van der Waals surface area contributed by atoms with Gasteiger partial charge in [-0.05, 0) is 29.5 Å². The predicted molar refractivity (Wildman–Crippen MR) is 128 cm³/mol. The fraction of sp³-hybridized carbons (Fsp3) is 0.269. The maximum absolute atomic E-state index is 9.10. The molecule has 0 saturated carbocycles. The second-order valence-corrected chi connectivity index (χ2v) is 7.55. The van der Waals surface area contributed by atoms with Crippen LogP contribution in [0.15, 0.2) is 60.7 Å². The van der Waals surface area contributed by atoms with Crippen molar-refractivity contribution in [2.24, 2.45) is 0 Å². The molecule has 1 aliphatic heterocycles. The number of hydrogen-bond acceptors (Lipinski definition) is 5. The van der Waals surface area contributed by atoms with E-state index in [0.29, 0.717) is 0 Å². The maximum Gasteiger partial charge on any atom is 0.414 e. The van der Waals surface area contributed by atoms with Gasteiger partial charge in [-0.25, -0.2) is 14.6 Å². The summed E-state index contributed by atoms with van der Waals surface area (Å²) in [5.74, 6) is 4.00. The highest BCUT2D eigenvalue weighted by Gasteiger charge is 2.19. The summed E-state index contributed by atoms with van der Waals surface area (Å²) in [6, 6.07) is 21.0. The van der Waals surface area contributed by atoms with Crippen LogP contribution < -0.4 is 4.90 Å². The third-order valence-electron chi connectivity index (χ3n) is 5.37. The molecule has 2 N–H and O–H groups in total. The van der Waals surface area contributed by atoms with E-state index in [0.717, 1.165) is 50.7 Å². The zero-order valence-corrected chi connectivity index (χ0v) is 18.6. The van der Waals surface area contributed by atoms with E-state index in [1.54, 1.807) is 0 Å². The normalized spacial score (nSPS) is 13.4. The number of nitrogens with zero attached hydrogens (tertiary/aromatic N) is 3. The molecule has 7 heteroatoms. The van der Waals surface area contributed by atoms with Crippen LogP contribution in [0.4, 0.5) is 5.82 Å². The molecule has 0 bridgehead atoms. The van der Waals surface area contributed by atoms with E-state index >= 15 is 0 Å². The minimum absolute atomic E-state index is 0.750. The molecule has 170 valence electrons. The summed E-state index contributed by atoms with van der Waals surface area (Å²) in [6.45, 7) is 7.57. The van der Waals surface area contributed by atoms with Crippen LogP contribution in [0.5, 0.6) is 0 Å². The van der Waals surface area contributed by atoms with E-state index in [1.165, 1.54) is 16.3 Å². The standard InChI is InChI=1S/C24H25N3.C2H2O4/c1-2-26-15-17-27(18-16-26)24-23-14-7-6-12-21(23)19-22(25-24)13-8-11-20-9-4-3-5-10-20;3-1(4)2(5)6/h3-7,9-10,12,14,19H,2,11,15-18H2,1H3;(H,3,4)(H,5,6). The Kier molecular flexibility index (Phi) is 8.39. The number of carboxylic acid groups (broad SMARTS) is 2. The second kappa shape index (κ2) is 11.7. The van der Waals surface area contributed by atoms with Crippen molar-refractivity contribution in [3.8, 4) is 11.8 Å². The van der Waals surface area contributed by atoms with Crippen molar-refractivity contribution in [1.82, 2.24) is 9.88 Å². The van der Waals surface area contributed by atoms with Crippen molar-refractivity contribution in [1.29, 1.82) is 0 Å². The molecule has 0 amide bonds. The molecule has 33 heavy (non-hydrogen) atoms. The van der Waals surface area contributed by atoms with Gasteiger partial charge in [0.25, 0.3) is 0 Å². The molecule has 0 unspecified atom stereocenters. The smallest absolute Gasteiger partial charge is 0.414 e. The molecule has 3 aromatic rings. The quantitative estimate of drug-likeness (QED) is 0.473. The molecule has 1 aliphatic rings. The van der Waals surface area contributed by atoms with Gasteiger partial charge < -0.3 is 20.0 Å². The highest BCUT2D eigenvalue weighted by Crippen LogP contribution is 2.26. The number of hydrogen-bond donors (Lipinski definition) is 2. The van der Waals surface area contributed by atoms with Gasteiger partial charge in [0.2, 0.25) is 0 Å². The fourth-order valence-corrected chi connectivity index (χ4v) is 3.59. The van der Waals surface area contributed by atoms with Gasteiger partial charge in [0, 0.05) is 38.0 Å². The SMILES string of the molecule is CCN1CCN(c2nc(C#CCc3ccccc3)cc3ccccc23)CC1.O=C(O)C(=O)O. The van der Waals surface area contributed by atoms with E-state index in [1.807, 2.05) is 6.07 Å². The van der Waals surface area contributed by atoms with Crippen molar-refractivity contribution >= 4 is 28.5 Å². The number of carboxylic acids is 2. The van der Waals surface area contributed by atoms with Crippen LogP contribution in [0, 0.1) is 11.8 Å². The third-order valence-corrected chi connectivity index (χ3v) is 5.37. The second-order valence-electron chi connectivity index (χ2n) is 7.55. The Morgan fingerprint density at radius 3 is 2.21 bits per heavy atom. The number of pyridine rings is 1. The van der Waals surface area contributed by atoms with Gasteiger partial charge in [-0.15, -0.1) is 0 Å². The highest BCUT2D eigenvalue weighted by molar-refractivity contribution is 6.27. The zero-order valence-electron chi connectivity index (χ0n) is 18.6. The number of fused-ring (bicyclic) bond motifs is 1. The van der Waals surface area contributed by atoms with Gasteiger partial charge in [-0.2, -0.15) is 0 Å². The van der Waals surface area contributed by atoms with Gasteiger partial charge in [0.15, 0.2) is 0 Å². The largest absolute Gasteiger partial charge is 0.473 e. The third kappa shape index (κ3) is 6.79. The molecule has 1 saturated heterocycles. The summed E-state index contributed by atoms with van der Waals surface area (Å²) >= 11 is 0. The number of rotatable bonds is 3. The molecule has 1 aromatic heterocycles. The Labute approximate surface area is 193 Å². The summed E-state index contributed by atoms with van der Waals surface area (Å²) in [7, 11) is 0. The molecule has 0 atom stereocenters. The van der Waals surface area contributed by atoms with Crippen LogP contribution in [0.1, 0.15) is 18.2 Å². The summed E-state index contributed by atoms with van der Waals surface area (Å²) in [5, 5.41) is 17.2. The first kappa shape index (κ1) is 23.8. The van der Waals surface area contributed by atoms with E-state index < -0.39 is 11.9 Å². The number of benzene rings is 2. The number of aliphatic carboxylic acids is 2. The Hall–Kier alpha value is -3.89. The Morgan fingerprint density at radius 2 is 1.58 bits per heavy atom. The summed E-state index contributed by atoms with van der Waals surface area (Å²) in [6.07, 6.45) is 0.750. The Morgan fingerprint density at radius 1 is 0.939 bits per heavy atom. The monoisotopic (exact) mass is 445 g/mol. The van der Waals surface area contributed by atoms with Crippen LogP contribution >= 0.6 is 0 Å². The van der Waals surface area contributed by atoms with Crippen LogP contribution in [-0.4, -0.2) is 64.8 Å². The van der Waals surface area contributed by atoms with Crippen LogP contribution in [0.25, 0.3) is 10.8 Å². The molecular formula is C26H27N3O4. The number of anilines is 1. The van der Waals surface area contributed by atoms with Gasteiger partial charge >= 0.3 is 11.9 Å². The van der Waals surface area contributed by atoms with Gasteiger partial charge in [0.1, 0.15) is 11.5 Å². The lowest BCUT2D eigenvalue weighted by atomic mass is 10.1. The van der Waals surface area contributed by atoms with Crippen LogP contribution in [0.3, 0.4) is 0 Å². The first-order valence-corrected chi connectivity index (χ1v) is 10.8. The zero-order chi connectivity index (χ0) is 23.6. The first-order chi connectivity index (χ1) is 16.0. The first-order valence-electron chi connectivity index (χ1n) is 10.8. The Balaban J connectivity index is 0.000000454. The van der Waals surface area contributed by atoms with Gasteiger partial charge in [-0.1, -0.05) is 67.4 Å². The van der Waals surface area contributed by atoms with Gasteiger partial charge in [-0.3, -0.25) is 0 Å². The highest BCUT2D eigenvalue weighted by atomic mass is 16.4. The minimum atomic E-state index is -1.82. The van der Waals surface area contributed by atoms with E-state index in [-0.39, 0.29) is 0 Å². The topological polar surface area (TPSA) is 94.0 Å². The molecule has 4 rings (SSSR count). The lowest BCUT2D eigenvalue weighted by molar-refractivity contribution is -0.159. The number of likely N-dealkylation sites (N-methyl/N-ethyl adjacent to an activating group) is 1. The lowest BCUT2D eigenvalue weighted by Crippen LogP contribution is -2.46. The Bertz CT molecular complexity index is 1150. The van der Waals surface area contributed by atoms with Gasteiger partial charge in [0.05, 0.1) is 0 Å². The van der Waals surface area contributed by atoms with Crippen molar-refractivity contribution in [3.63, 3.8) is 0 Å². The lowest BCUT2D eigenvalue weighted by Gasteiger charge is -2.35. The average Bonchev–Trinajstić information content (AvgIpc) is 2.84. The predicted octanol–water partition coefficient (Wildman–Crippen LogP) is 3.13. The number of aromatic nitrogens is 1. The molecule has 7 nitrogen and oxygen atoms in total. The number of piperazine rings is 1. The maximum atomic E-state index is 9.10. The van der Waals surface area contributed by atoms with E-state index in [9.17, 15) is 0 Å². The molecule has 1 fully saturated rings. The average molecular weight is 446 g/mol. The minimum Gasteiger partial charge on any atom is -0.473 e. The molecule has 0 spiro atoms. The van der Waals surface area contributed by atoms with Crippen molar-refractivity contribution in [3.05, 3.63) is 71.9 Å². The molecule has 0 radical (unpaired) electrons. The van der Waals surface area contributed by atoms with E-state index in [2.05, 4.69) is 83.2 Å². The molecule has 2 heterocycles. The molecular weight excluding hydrogens is 418 g/mol.